The van der Waals surface area contributed by atoms with Crippen molar-refractivity contribution in [2.45, 2.75) is 20.5 Å². The number of nitrogens with zero attached hydrogens (tertiary/aromatic N) is 3. The number of pyridine rings is 1. The molecular weight excluding hydrogens is 344 g/mol. The van der Waals surface area contributed by atoms with E-state index in [4.69, 9.17) is 4.74 Å². The first kappa shape index (κ1) is 16.8. The fourth-order valence-electron chi connectivity index (χ4n) is 3.02. The molecule has 4 aromatic rings. The summed E-state index contributed by atoms with van der Waals surface area (Å²) < 4.78 is 8.81. The minimum atomic E-state index is -0.437. The summed E-state index contributed by atoms with van der Waals surface area (Å²) in [6.45, 7) is 3.91. The fraction of sp³-hybridized carbons (Fsp3) is 0.150. The number of imidazole rings is 2. The van der Waals surface area contributed by atoms with Gasteiger partial charge in [0, 0.05) is 24.3 Å². The summed E-state index contributed by atoms with van der Waals surface area (Å²) in [5, 5.41) is 0. The number of ether oxygens (including phenoxy) is 1. The maximum Gasteiger partial charge on any atom is 0.338 e. The summed E-state index contributed by atoms with van der Waals surface area (Å²) in [5.74, 6) is -0.437. The molecule has 1 aromatic carbocycles. The zero-order valence-electron chi connectivity index (χ0n) is 15.0. The summed E-state index contributed by atoms with van der Waals surface area (Å²) in [4.78, 5) is 31.2. The van der Waals surface area contributed by atoms with Crippen molar-refractivity contribution in [3.05, 3.63) is 88.0 Å². The number of carbonyl (C=O) groups is 1. The highest BCUT2D eigenvalue weighted by molar-refractivity contribution is 5.89. The van der Waals surface area contributed by atoms with Crippen molar-refractivity contribution in [1.29, 1.82) is 0 Å². The summed E-state index contributed by atoms with van der Waals surface area (Å²) in [6, 6.07) is 10.6. The SMILES string of the molecule is Cc1cccn2cc(COC(=O)c3ccc(-n4c(C)c[nH]c4=O)cc3)nc12. The standard InChI is InChI=1S/C20H18N4O3/c1-13-4-3-9-23-11-16(22-18(13)23)12-27-19(25)15-5-7-17(8-6-15)24-14(2)10-21-20(24)26/h3-11H,12H2,1-2H3,(H,21,26). The third-order valence-corrected chi connectivity index (χ3v) is 4.40. The van der Waals surface area contributed by atoms with Gasteiger partial charge in [0.15, 0.2) is 0 Å². The van der Waals surface area contributed by atoms with E-state index >= 15 is 0 Å². The van der Waals surface area contributed by atoms with E-state index in [9.17, 15) is 9.59 Å². The maximum absolute atomic E-state index is 12.3. The van der Waals surface area contributed by atoms with Crippen LogP contribution in [0, 0.1) is 13.8 Å². The molecule has 0 spiro atoms. The summed E-state index contributed by atoms with van der Waals surface area (Å²) in [6.07, 6.45) is 5.39. The number of rotatable bonds is 4. The van der Waals surface area contributed by atoms with Gasteiger partial charge in [-0.2, -0.15) is 0 Å². The minimum Gasteiger partial charge on any atom is -0.456 e. The molecule has 7 heteroatoms. The van der Waals surface area contributed by atoms with Crippen molar-refractivity contribution < 1.29 is 9.53 Å². The quantitative estimate of drug-likeness (QED) is 0.566. The van der Waals surface area contributed by atoms with Crippen LogP contribution in [-0.4, -0.2) is 24.9 Å². The number of benzene rings is 1. The van der Waals surface area contributed by atoms with Gasteiger partial charge in [-0.05, 0) is 49.7 Å². The Kier molecular flexibility index (Phi) is 4.12. The number of aromatic amines is 1. The second-order valence-electron chi connectivity index (χ2n) is 6.35. The van der Waals surface area contributed by atoms with Crippen molar-refractivity contribution in [3.63, 3.8) is 0 Å². The minimum absolute atomic E-state index is 0.0953. The first-order chi connectivity index (χ1) is 13.0. The van der Waals surface area contributed by atoms with E-state index in [2.05, 4.69) is 9.97 Å². The molecule has 7 nitrogen and oxygen atoms in total. The predicted octanol–water partition coefficient (Wildman–Crippen LogP) is 2.79. The van der Waals surface area contributed by atoms with Gasteiger partial charge in [0.05, 0.1) is 16.9 Å². The third-order valence-electron chi connectivity index (χ3n) is 4.40. The molecule has 0 fully saturated rings. The number of hydrogen-bond donors (Lipinski definition) is 1. The van der Waals surface area contributed by atoms with Gasteiger partial charge in [-0.25, -0.2) is 14.6 Å². The Labute approximate surface area is 154 Å². The molecule has 3 heterocycles. The van der Waals surface area contributed by atoms with Crippen molar-refractivity contribution in [3.8, 4) is 5.69 Å². The highest BCUT2D eigenvalue weighted by atomic mass is 16.5. The molecule has 3 aromatic heterocycles. The Hall–Kier alpha value is -3.61. The topological polar surface area (TPSA) is 81.4 Å². The lowest BCUT2D eigenvalue weighted by atomic mass is 10.2. The monoisotopic (exact) mass is 362 g/mol. The lowest BCUT2D eigenvalue weighted by Gasteiger charge is -2.06. The summed E-state index contributed by atoms with van der Waals surface area (Å²) in [5.41, 5.74) is 4.26. The van der Waals surface area contributed by atoms with Crippen LogP contribution in [0.15, 0.2) is 59.8 Å². The van der Waals surface area contributed by atoms with Gasteiger partial charge in [-0.3, -0.25) is 4.57 Å². The lowest BCUT2D eigenvalue weighted by Crippen LogP contribution is -2.16. The Morgan fingerprint density at radius 1 is 1.19 bits per heavy atom. The number of aromatic nitrogens is 4. The molecule has 27 heavy (non-hydrogen) atoms. The molecule has 136 valence electrons. The summed E-state index contributed by atoms with van der Waals surface area (Å²) >= 11 is 0. The van der Waals surface area contributed by atoms with E-state index in [-0.39, 0.29) is 12.3 Å². The average Bonchev–Trinajstić information content (AvgIpc) is 3.24. The van der Waals surface area contributed by atoms with Gasteiger partial charge in [-0.1, -0.05) is 6.07 Å². The van der Waals surface area contributed by atoms with Crippen LogP contribution < -0.4 is 5.69 Å². The molecule has 0 amide bonds. The van der Waals surface area contributed by atoms with Gasteiger partial charge in [0.1, 0.15) is 12.3 Å². The molecule has 0 aliphatic rings. The molecule has 0 aliphatic carbocycles. The van der Waals surface area contributed by atoms with Crippen LogP contribution in [0.2, 0.25) is 0 Å². The molecular formula is C20H18N4O3. The van der Waals surface area contributed by atoms with Crippen LogP contribution >= 0.6 is 0 Å². The van der Waals surface area contributed by atoms with Crippen LogP contribution in [0.4, 0.5) is 0 Å². The molecule has 0 aliphatic heterocycles. The summed E-state index contributed by atoms with van der Waals surface area (Å²) in [7, 11) is 0. The molecule has 0 radical (unpaired) electrons. The van der Waals surface area contributed by atoms with E-state index in [0.29, 0.717) is 16.9 Å². The number of fused-ring (bicyclic) bond motifs is 1. The molecule has 0 unspecified atom stereocenters. The molecule has 4 rings (SSSR count). The van der Waals surface area contributed by atoms with Crippen LogP contribution in [-0.2, 0) is 11.3 Å². The molecule has 1 N–H and O–H groups in total. The van der Waals surface area contributed by atoms with Gasteiger partial charge in [0.2, 0.25) is 0 Å². The largest absolute Gasteiger partial charge is 0.456 e. The second-order valence-corrected chi connectivity index (χ2v) is 6.35. The molecule has 0 atom stereocenters. The third kappa shape index (κ3) is 3.15. The van der Waals surface area contributed by atoms with Crippen LogP contribution in [0.3, 0.4) is 0 Å². The number of aryl methyl sites for hydroxylation is 2. The van der Waals surface area contributed by atoms with E-state index in [1.807, 2.05) is 42.8 Å². The van der Waals surface area contributed by atoms with Crippen molar-refractivity contribution in [2.75, 3.05) is 0 Å². The number of H-pyrrole nitrogens is 1. The molecule has 0 bridgehead atoms. The Morgan fingerprint density at radius 3 is 2.63 bits per heavy atom. The van der Waals surface area contributed by atoms with Gasteiger partial charge in [0.25, 0.3) is 0 Å². The number of hydrogen-bond acceptors (Lipinski definition) is 4. The van der Waals surface area contributed by atoms with E-state index in [1.54, 1.807) is 30.5 Å². The number of esters is 1. The number of nitrogens with one attached hydrogen (secondary N) is 1. The highest BCUT2D eigenvalue weighted by Gasteiger charge is 2.11. The van der Waals surface area contributed by atoms with Crippen molar-refractivity contribution >= 4 is 11.6 Å². The van der Waals surface area contributed by atoms with Crippen molar-refractivity contribution in [1.82, 2.24) is 18.9 Å². The highest BCUT2D eigenvalue weighted by Crippen LogP contribution is 2.13. The predicted molar refractivity (Wildman–Crippen MR) is 100 cm³/mol. The average molecular weight is 362 g/mol. The lowest BCUT2D eigenvalue weighted by molar-refractivity contribution is 0.0468. The van der Waals surface area contributed by atoms with Crippen LogP contribution in [0.1, 0.15) is 27.3 Å². The zero-order valence-corrected chi connectivity index (χ0v) is 15.0. The molecule has 0 saturated carbocycles. The van der Waals surface area contributed by atoms with Crippen LogP contribution in [0.5, 0.6) is 0 Å². The number of carbonyl (C=O) groups excluding carboxylic acids is 1. The van der Waals surface area contributed by atoms with Gasteiger partial charge < -0.3 is 14.1 Å². The fourth-order valence-corrected chi connectivity index (χ4v) is 3.02. The van der Waals surface area contributed by atoms with Gasteiger partial charge in [-0.15, -0.1) is 0 Å². The Balaban J connectivity index is 1.48. The van der Waals surface area contributed by atoms with E-state index < -0.39 is 5.97 Å². The normalized spacial score (nSPS) is 11.0. The van der Waals surface area contributed by atoms with E-state index in [1.165, 1.54) is 4.57 Å². The van der Waals surface area contributed by atoms with E-state index in [0.717, 1.165) is 16.9 Å². The van der Waals surface area contributed by atoms with Crippen molar-refractivity contribution in [2.24, 2.45) is 0 Å². The second kappa shape index (κ2) is 6.60. The zero-order chi connectivity index (χ0) is 19.0. The smallest absolute Gasteiger partial charge is 0.338 e. The van der Waals surface area contributed by atoms with Gasteiger partial charge >= 0.3 is 11.7 Å². The maximum atomic E-state index is 12.3. The molecule has 0 saturated heterocycles. The Morgan fingerprint density at radius 2 is 1.96 bits per heavy atom. The Bertz CT molecular complexity index is 1180. The van der Waals surface area contributed by atoms with Crippen LogP contribution in [0.25, 0.3) is 11.3 Å². The first-order valence-corrected chi connectivity index (χ1v) is 8.51. The first-order valence-electron chi connectivity index (χ1n) is 8.51.